The fourth-order valence-corrected chi connectivity index (χ4v) is 2.79. The Kier molecular flexibility index (Phi) is 7.04. The number of nitriles is 1. The van der Waals surface area contributed by atoms with Crippen molar-refractivity contribution >= 4 is 18.0 Å². The molecule has 156 valence electrons. The molecule has 0 spiro atoms. The molecule has 29 heavy (non-hydrogen) atoms. The lowest BCUT2D eigenvalue weighted by molar-refractivity contribution is -0.143. The first-order valence-electron chi connectivity index (χ1n) is 9.14. The molecule has 1 aliphatic rings. The van der Waals surface area contributed by atoms with Crippen LogP contribution in [0.5, 0.6) is 5.75 Å². The van der Waals surface area contributed by atoms with E-state index in [2.05, 4.69) is 10.1 Å². The van der Waals surface area contributed by atoms with Crippen LogP contribution in [-0.2, 0) is 25.6 Å². The summed E-state index contributed by atoms with van der Waals surface area (Å²) in [5.41, 5.74) is 0.328. The number of nitrogens with zero attached hydrogens (tertiary/aromatic N) is 2. The summed E-state index contributed by atoms with van der Waals surface area (Å²) < 4.78 is 15.2. The zero-order chi connectivity index (χ0) is 21.6. The van der Waals surface area contributed by atoms with Crippen LogP contribution in [0.2, 0.25) is 0 Å². The van der Waals surface area contributed by atoms with E-state index in [-0.39, 0.29) is 19.1 Å². The largest absolute Gasteiger partial charge is 0.482 e. The molecule has 0 aliphatic carbocycles. The molecule has 0 bridgehead atoms. The summed E-state index contributed by atoms with van der Waals surface area (Å²) in [4.78, 5) is 37.5. The maximum absolute atomic E-state index is 12.7. The number of rotatable bonds is 6. The molecule has 1 aliphatic heterocycles. The van der Waals surface area contributed by atoms with E-state index < -0.39 is 23.7 Å². The van der Waals surface area contributed by atoms with Crippen molar-refractivity contribution in [1.29, 1.82) is 5.26 Å². The zero-order valence-electron chi connectivity index (χ0n) is 17.0. The molecule has 1 atom stereocenters. The summed E-state index contributed by atoms with van der Waals surface area (Å²) in [6.07, 6.45) is -0.208. The van der Waals surface area contributed by atoms with Crippen LogP contribution in [0.4, 0.5) is 4.79 Å². The molecule has 2 amide bonds. The molecule has 9 heteroatoms. The highest BCUT2D eigenvalue weighted by atomic mass is 16.6. The lowest BCUT2D eigenvalue weighted by Crippen LogP contribution is -2.43. The van der Waals surface area contributed by atoms with Crippen molar-refractivity contribution < 1.29 is 28.6 Å². The summed E-state index contributed by atoms with van der Waals surface area (Å²) in [5.74, 6) is -0.415. The molecule has 1 saturated heterocycles. The molecule has 9 nitrogen and oxygen atoms in total. The highest BCUT2D eigenvalue weighted by Crippen LogP contribution is 2.24. The van der Waals surface area contributed by atoms with Crippen LogP contribution < -0.4 is 10.1 Å². The molecule has 2 rings (SSSR count). The summed E-state index contributed by atoms with van der Waals surface area (Å²) in [6, 6.07) is 6.11. The van der Waals surface area contributed by atoms with E-state index in [0.29, 0.717) is 29.8 Å². The van der Waals surface area contributed by atoms with Gasteiger partial charge in [0.05, 0.1) is 18.7 Å². The van der Waals surface area contributed by atoms with E-state index in [1.807, 2.05) is 6.07 Å². The van der Waals surface area contributed by atoms with Crippen molar-refractivity contribution in [3.05, 3.63) is 29.3 Å². The van der Waals surface area contributed by atoms with Gasteiger partial charge in [0.2, 0.25) is 5.91 Å². The van der Waals surface area contributed by atoms with Crippen molar-refractivity contribution in [3.8, 4) is 11.8 Å². The monoisotopic (exact) mass is 403 g/mol. The van der Waals surface area contributed by atoms with Gasteiger partial charge in [-0.05, 0) is 45.4 Å². The van der Waals surface area contributed by atoms with Crippen LogP contribution in [0.25, 0.3) is 0 Å². The number of carbonyl (C=O) groups excluding carboxylic acids is 3. The Bertz CT molecular complexity index is 824. The molecule has 1 aromatic carbocycles. The van der Waals surface area contributed by atoms with Crippen LogP contribution in [0.3, 0.4) is 0 Å². The second-order valence-corrected chi connectivity index (χ2v) is 7.55. The molecule has 1 N–H and O–H groups in total. The van der Waals surface area contributed by atoms with E-state index in [1.54, 1.807) is 43.9 Å². The fraction of sp³-hybridized carbons (Fsp3) is 0.500. The zero-order valence-corrected chi connectivity index (χ0v) is 17.0. The Morgan fingerprint density at radius 2 is 2.07 bits per heavy atom. The lowest BCUT2D eigenvalue weighted by atomic mass is 10.1. The van der Waals surface area contributed by atoms with Crippen molar-refractivity contribution in [1.82, 2.24) is 10.2 Å². The van der Waals surface area contributed by atoms with Gasteiger partial charge in [0.25, 0.3) is 0 Å². The van der Waals surface area contributed by atoms with Gasteiger partial charge in [-0.3, -0.25) is 4.79 Å². The predicted molar refractivity (Wildman–Crippen MR) is 102 cm³/mol. The predicted octanol–water partition coefficient (Wildman–Crippen LogP) is 1.74. The molecule has 1 aromatic rings. The number of esters is 1. The highest BCUT2D eigenvalue weighted by Gasteiger charge is 2.34. The Hall–Kier alpha value is -3.28. The van der Waals surface area contributed by atoms with E-state index >= 15 is 0 Å². The van der Waals surface area contributed by atoms with Gasteiger partial charge in [-0.1, -0.05) is 0 Å². The summed E-state index contributed by atoms with van der Waals surface area (Å²) in [7, 11) is 1.26. The van der Waals surface area contributed by atoms with E-state index in [1.165, 1.54) is 7.11 Å². The Balaban J connectivity index is 2.07. The van der Waals surface area contributed by atoms with Crippen LogP contribution in [0, 0.1) is 11.3 Å². The third-order valence-electron chi connectivity index (χ3n) is 4.11. The maximum atomic E-state index is 12.7. The number of amides is 2. The number of alkyl carbamates (subject to hydrolysis) is 1. The topological polar surface area (TPSA) is 118 Å². The molecule has 0 radical (unpaired) electrons. The highest BCUT2D eigenvalue weighted by molar-refractivity contribution is 5.87. The third kappa shape index (κ3) is 6.38. The minimum atomic E-state index is -0.677. The summed E-state index contributed by atoms with van der Waals surface area (Å²) in [5, 5.41) is 11.7. The molecule has 1 unspecified atom stereocenters. The number of hydrogen-bond acceptors (Lipinski definition) is 7. The molecule has 1 heterocycles. The molecule has 1 fully saturated rings. The van der Waals surface area contributed by atoms with Gasteiger partial charge in [-0.15, -0.1) is 0 Å². The van der Waals surface area contributed by atoms with Gasteiger partial charge in [-0.2, -0.15) is 5.26 Å². The van der Waals surface area contributed by atoms with Crippen molar-refractivity contribution in [3.63, 3.8) is 0 Å². The third-order valence-corrected chi connectivity index (χ3v) is 4.11. The van der Waals surface area contributed by atoms with Gasteiger partial charge in [0, 0.05) is 18.7 Å². The molecular formula is C20H25N3O6. The fourth-order valence-electron chi connectivity index (χ4n) is 2.79. The normalized spacial score (nSPS) is 16.2. The number of nitrogens with one attached hydrogen (secondary N) is 1. The smallest absolute Gasteiger partial charge is 0.408 e. The van der Waals surface area contributed by atoms with Crippen LogP contribution in [0.1, 0.15) is 38.3 Å². The summed E-state index contributed by atoms with van der Waals surface area (Å²) in [6.45, 7) is 5.55. The van der Waals surface area contributed by atoms with E-state index in [4.69, 9.17) is 14.7 Å². The SMILES string of the molecule is COC(=O)COc1ccc(C#N)cc1CN1CCC(NC(=O)OC(C)(C)C)C1=O. The van der Waals surface area contributed by atoms with Crippen molar-refractivity contribution in [2.24, 2.45) is 0 Å². The van der Waals surface area contributed by atoms with Gasteiger partial charge in [0.15, 0.2) is 6.61 Å². The van der Waals surface area contributed by atoms with Gasteiger partial charge >= 0.3 is 12.1 Å². The first-order valence-corrected chi connectivity index (χ1v) is 9.14. The number of carbonyl (C=O) groups is 3. The average Bonchev–Trinajstić information content (AvgIpc) is 2.98. The minimum Gasteiger partial charge on any atom is -0.482 e. The minimum absolute atomic E-state index is 0.178. The number of likely N-dealkylation sites (tertiary alicyclic amines) is 1. The molecule has 0 saturated carbocycles. The Morgan fingerprint density at radius 3 is 2.69 bits per heavy atom. The van der Waals surface area contributed by atoms with Crippen LogP contribution in [-0.4, -0.2) is 54.8 Å². The summed E-state index contributed by atoms with van der Waals surface area (Å²) >= 11 is 0. The number of hydrogen-bond donors (Lipinski definition) is 1. The van der Waals surface area contributed by atoms with Gasteiger partial charge in [-0.25, -0.2) is 9.59 Å². The van der Waals surface area contributed by atoms with E-state index in [9.17, 15) is 14.4 Å². The first-order chi connectivity index (χ1) is 13.6. The maximum Gasteiger partial charge on any atom is 0.408 e. The average molecular weight is 403 g/mol. The molecule has 0 aromatic heterocycles. The lowest BCUT2D eigenvalue weighted by Gasteiger charge is -2.22. The number of methoxy groups -OCH3 is 1. The Morgan fingerprint density at radius 1 is 1.34 bits per heavy atom. The standard InChI is InChI=1S/C20H25N3O6/c1-20(2,3)29-19(26)22-15-7-8-23(18(15)25)11-14-9-13(10-21)5-6-16(14)28-12-17(24)27-4/h5-6,9,15H,7-8,11-12H2,1-4H3,(H,22,26). The van der Waals surface area contributed by atoms with Crippen LogP contribution in [0.15, 0.2) is 18.2 Å². The molecular weight excluding hydrogens is 378 g/mol. The van der Waals surface area contributed by atoms with Crippen molar-refractivity contribution in [2.75, 3.05) is 20.3 Å². The number of ether oxygens (including phenoxy) is 3. The second-order valence-electron chi connectivity index (χ2n) is 7.55. The van der Waals surface area contributed by atoms with Gasteiger partial charge in [0.1, 0.15) is 17.4 Å². The van der Waals surface area contributed by atoms with Crippen molar-refractivity contribution in [2.45, 2.75) is 45.4 Å². The Labute approximate surface area is 169 Å². The van der Waals surface area contributed by atoms with E-state index in [0.717, 1.165) is 0 Å². The number of benzene rings is 1. The van der Waals surface area contributed by atoms with Gasteiger partial charge < -0.3 is 24.4 Å². The quantitative estimate of drug-likeness (QED) is 0.719. The second kappa shape index (κ2) is 9.28. The van der Waals surface area contributed by atoms with Crippen LogP contribution >= 0.6 is 0 Å². The first kappa shape index (κ1) is 22.0.